The summed E-state index contributed by atoms with van der Waals surface area (Å²) in [6, 6.07) is 76.2. The van der Waals surface area contributed by atoms with Gasteiger partial charge in [0.15, 0.2) is 0 Å². The molecule has 0 radical (unpaired) electrons. The summed E-state index contributed by atoms with van der Waals surface area (Å²) in [7, 11) is 0. The minimum Gasteiger partial charge on any atom is -0.310 e. The summed E-state index contributed by atoms with van der Waals surface area (Å²) in [5.41, 5.74) is 11.3. The van der Waals surface area contributed by atoms with Gasteiger partial charge in [0.1, 0.15) is 0 Å². The highest BCUT2D eigenvalue weighted by atomic mass is 15.1. The highest BCUT2D eigenvalue weighted by Gasteiger charge is 2.21. The van der Waals surface area contributed by atoms with Gasteiger partial charge in [-0.3, -0.25) is 0 Å². The fraction of sp³-hybridized carbons (Fsp3) is 0. The molecule has 242 valence electrons. The van der Waals surface area contributed by atoms with Crippen molar-refractivity contribution in [1.29, 1.82) is 0 Å². The normalized spacial score (nSPS) is 11.3. The molecule has 0 spiro atoms. The molecule has 10 aromatic rings. The number of aromatic nitrogens is 1. The Morgan fingerprint density at radius 3 is 1.92 bits per heavy atom. The van der Waals surface area contributed by atoms with Crippen molar-refractivity contribution in [3.05, 3.63) is 206 Å². The molecule has 10 rings (SSSR count). The average molecular weight is 661 g/mol. The molecule has 0 saturated heterocycles. The van der Waals surface area contributed by atoms with Crippen LogP contribution in [0.3, 0.4) is 0 Å². The fourth-order valence-corrected chi connectivity index (χ4v) is 7.82. The smallest absolute Gasteiger partial charge is 0.0625 e. The van der Waals surface area contributed by atoms with E-state index in [0.717, 1.165) is 39.4 Å². The number of hydrogen-bond acceptors (Lipinski definition) is 1. The van der Waals surface area contributed by atoms with Crippen LogP contribution in [0.5, 0.6) is 0 Å². The Labute approximate surface area is 303 Å². The number of benzene rings is 8. The summed E-state index contributed by atoms with van der Waals surface area (Å²) in [5, 5.41) is 7.37. The Balaban J connectivity index is 1.23. The van der Waals surface area contributed by atoms with Crippen molar-refractivity contribution in [3.8, 4) is 27.9 Å². The van der Waals surface area contributed by atoms with Gasteiger partial charge in [0.05, 0.1) is 11.0 Å². The number of anilines is 3. The van der Waals surface area contributed by atoms with Gasteiger partial charge in [-0.05, 0) is 106 Å². The van der Waals surface area contributed by atoms with E-state index < -0.39 is 0 Å². The maximum absolute atomic E-state index is 3.30. The Bertz CT molecular complexity index is 2900. The van der Waals surface area contributed by atoms with Crippen molar-refractivity contribution in [2.45, 2.75) is 0 Å². The van der Waals surface area contributed by atoms with Gasteiger partial charge in [-0.15, -0.1) is 0 Å². The second kappa shape index (κ2) is 12.4. The van der Waals surface area contributed by atoms with Crippen molar-refractivity contribution in [3.63, 3.8) is 0 Å². The van der Waals surface area contributed by atoms with Crippen LogP contribution in [0.25, 0.3) is 71.3 Å². The fourth-order valence-electron chi connectivity index (χ4n) is 7.82. The summed E-state index contributed by atoms with van der Waals surface area (Å²) < 4.78 is 2.44. The molecule has 1 heterocycles. The molecular formula is C50H32N2. The van der Waals surface area contributed by atoms with Crippen molar-refractivity contribution in [2.75, 3.05) is 4.90 Å². The van der Waals surface area contributed by atoms with Crippen molar-refractivity contribution >= 4 is 60.4 Å². The molecule has 0 aliphatic rings. The average Bonchev–Trinajstić information content (AvgIpc) is 3.57. The maximum Gasteiger partial charge on any atom is 0.0625 e. The van der Waals surface area contributed by atoms with E-state index in [1.165, 1.54) is 48.9 Å². The monoisotopic (exact) mass is 660 g/mol. The zero-order chi connectivity index (χ0) is 34.4. The standard InChI is InChI=1S/C50H32N2/c1-3-15-35(16-4-1)38-20-13-24-42(31-38)51(44-30-29-36-17-7-8-18-37(36)32-44)43-25-14-21-39(33-43)47-34-40-19-9-10-26-45(40)50-49(47)46-27-11-12-28-48(46)52(50)41-22-5-2-6-23-41/h1-3,5-15,17-34H. The SMILES string of the molecule is c1cccc(-c2cccc(N(c3cccc(-c4cc5ccccc5c5c4c4ccccc4n5-c4ccccc4)c3)c3ccc4ccccc4c3)c2)c#1. The Morgan fingerprint density at radius 1 is 0.442 bits per heavy atom. The summed E-state index contributed by atoms with van der Waals surface area (Å²) >= 11 is 0. The quantitative estimate of drug-likeness (QED) is 0.172. The van der Waals surface area contributed by atoms with Crippen molar-refractivity contribution in [1.82, 2.24) is 4.57 Å². The predicted molar refractivity (Wildman–Crippen MR) is 219 cm³/mol. The van der Waals surface area contributed by atoms with Gasteiger partial charge in [0, 0.05) is 44.5 Å². The lowest BCUT2D eigenvalue weighted by atomic mass is 9.94. The van der Waals surface area contributed by atoms with Gasteiger partial charge in [0.25, 0.3) is 0 Å². The molecule has 0 bridgehead atoms. The highest BCUT2D eigenvalue weighted by Crippen LogP contribution is 2.45. The van der Waals surface area contributed by atoms with E-state index in [-0.39, 0.29) is 0 Å². The van der Waals surface area contributed by atoms with Crippen LogP contribution in [0.2, 0.25) is 0 Å². The lowest BCUT2D eigenvalue weighted by molar-refractivity contribution is 1.19. The van der Waals surface area contributed by atoms with E-state index in [2.05, 4.69) is 204 Å². The molecule has 9 aromatic carbocycles. The van der Waals surface area contributed by atoms with Crippen molar-refractivity contribution in [2.24, 2.45) is 0 Å². The van der Waals surface area contributed by atoms with Gasteiger partial charge >= 0.3 is 0 Å². The largest absolute Gasteiger partial charge is 0.310 e. The second-order valence-corrected chi connectivity index (χ2v) is 13.2. The molecule has 0 atom stereocenters. The summed E-state index contributed by atoms with van der Waals surface area (Å²) in [6.45, 7) is 0. The Kier molecular flexibility index (Phi) is 7.08. The van der Waals surface area contributed by atoms with Crippen LogP contribution < -0.4 is 4.90 Å². The third-order valence-electron chi connectivity index (χ3n) is 10.1. The molecule has 2 nitrogen and oxygen atoms in total. The van der Waals surface area contributed by atoms with E-state index in [1.807, 2.05) is 12.1 Å². The van der Waals surface area contributed by atoms with Crippen LogP contribution >= 0.6 is 0 Å². The van der Waals surface area contributed by atoms with E-state index in [4.69, 9.17) is 0 Å². The van der Waals surface area contributed by atoms with Crippen LogP contribution in [0, 0.1) is 12.1 Å². The Morgan fingerprint density at radius 2 is 1.12 bits per heavy atom. The first-order valence-electron chi connectivity index (χ1n) is 17.7. The van der Waals surface area contributed by atoms with Crippen LogP contribution in [0.4, 0.5) is 17.1 Å². The predicted octanol–water partition coefficient (Wildman–Crippen LogP) is 13.5. The van der Waals surface area contributed by atoms with Gasteiger partial charge in [0.2, 0.25) is 0 Å². The third-order valence-corrected chi connectivity index (χ3v) is 10.1. The van der Waals surface area contributed by atoms with Gasteiger partial charge in [-0.2, -0.15) is 0 Å². The summed E-state index contributed by atoms with van der Waals surface area (Å²) in [6.07, 6.45) is 0. The van der Waals surface area contributed by atoms with Crippen LogP contribution in [0.15, 0.2) is 194 Å². The molecule has 0 aliphatic carbocycles. The van der Waals surface area contributed by atoms with E-state index in [1.54, 1.807) is 0 Å². The van der Waals surface area contributed by atoms with Crippen LogP contribution in [0.1, 0.15) is 0 Å². The first-order chi connectivity index (χ1) is 25.8. The molecule has 0 unspecified atom stereocenters. The molecule has 1 aromatic heterocycles. The van der Waals surface area contributed by atoms with Crippen molar-refractivity contribution < 1.29 is 0 Å². The second-order valence-electron chi connectivity index (χ2n) is 13.2. The molecule has 0 saturated carbocycles. The van der Waals surface area contributed by atoms with Gasteiger partial charge < -0.3 is 9.47 Å². The minimum atomic E-state index is 1.02. The number of hydrogen-bond donors (Lipinski definition) is 0. The minimum absolute atomic E-state index is 1.02. The van der Waals surface area contributed by atoms with Gasteiger partial charge in [-0.25, -0.2) is 0 Å². The number of fused-ring (bicyclic) bond motifs is 6. The highest BCUT2D eigenvalue weighted by molar-refractivity contribution is 6.24. The topological polar surface area (TPSA) is 8.17 Å². The molecule has 0 amide bonds. The summed E-state index contributed by atoms with van der Waals surface area (Å²) in [4.78, 5) is 2.37. The molecule has 0 fully saturated rings. The van der Waals surface area contributed by atoms with E-state index >= 15 is 0 Å². The number of para-hydroxylation sites is 2. The lowest BCUT2D eigenvalue weighted by Crippen LogP contribution is -2.10. The lowest BCUT2D eigenvalue weighted by Gasteiger charge is -2.27. The molecule has 0 N–H and O–H groups in total. The van der Waals surface area contributed by atoms with Crippen LogP contribution in [-0.4, -0.2) is 4.57 Å². The first-order valence-corrected chi connectivity index (χ1v) is 17.7. The van der Waals surface area contributed by atoms with E-state index in [9.17, 15) is 0 Å². The maximum atomic E-state index is 3.30. The number of rotatable bonds is 6. The summed E-state index contributed by atoms with van der Waals surface area (Å²) in [5.74, 6) is 0. The van der Waals surface area contributed by atoms with E-state index in [0.29, 0.717) is 0 Å². The first kappa shape index (κ1) is 29.8. The Hall–Kier alpha value is -7.08. The van der Waals surface area contributed by atoms with Gasteiger partial charge in [-0.1, -0.05) is 133 Å². The molecule has 2 heteroatoms. The molecule has 52 heavy (non-hydrogen) atoms. The zero-order valence-corrected chi connectivity index (χ0v) is 28.4. The van der Waals surface area contributed by atoms with Crippen LogP contribution in [-0.2, 0) is 0 Å². The third kappa shape index (κ3) is 4.99. The number of nitrogens with zero attached hydrogens (tertiary/aromatic N) is 2. The zero-order valence-electron chi connectivity index (χ0n) is 28.4. The molecule has 0 aliphatic heterocycles. The molecular weight excluding hydrogens is 629 g/mol.